The minimum Gasteiger partial charge on any atom is -0.493 e. The van der Waals surface area contributed by atoms with E-state index >= 15 is 8.78 Å². The quantitative estimate of drug-likeness (QED) is 0.0431. The number of H-pyrrole nitrogens is 1. The molecule has 3 aromatic carbocycles. The van der Waals surface area contributed by atoms with Crippen molar-refractivity contribution in [1.29, 1.82) is 0 Å². The zero-order chi connectivity index (χ0) is 37.3. The van der Waals surface area contributed by atoms with Gasteiger partial charge < -0.3 is 41.3 Å². The van der Waals surface area contributed by atoms with Crippen LogP contribution in [0.25, 0.3) is 11.3 Å². The van der Waals surface area contributed by atoms with Crippen LogP contribution >= 0.6 is 11.8 Å². The Kier molecular flexibility index (Phi) is 16.9. The van der Waals surface area contributed by atoms with Gasteiger partial charge in [-0.25, -0.2) is 18.2 Å². The average molecular weight is 809 g/mol. The van der Waals surface area contributed by atoms with Crippen LogP contribution in [0.5, 0.6) is 17.2 Å². The molecule has 0 unspecified atom stereocenters. The summed E-state index contributed by atoms with van der Waals surface area (Å²) >= 11 is 1.04. The van der Waals surface area contributed by atoms with Crippen LogP contribution in [-0.4, -0.2) is 99.8 Å². The number of methoxy groups -OCH3 is 2. The first-order valence-electron chi connectivity index (χ1n) is 15.2. The number of hydrogen-bond acceptors (Lipinski definition) is 13. The van der Waals surface area contributed by atoms with E-state index in [2.05, 4.69) is 4.98 Å². The zero-order valence-corrected chi connectivity index (χ0v) is 31.7. The second kappa shape index (κ2) is 19.8. The van der Waals surface area contributed by atoms with Gasteiger partial charge in [0.25, 0.3) is 20.2 Å². The minimum absolute atomic E-state index is 0. The van der Waals surface area contributed by atoms with Crippen LogP contribution in [0.3, 0.4) is 0 Å². The third-order valence-electron chi connectivity index (χ3n) is 7.55. The van der Waals surface area contributed by atoms with Crippen molar-refractivity contribution in [1.82, 2.24) is 27.2 Å². The molecule has 0 aliphatic heterocycles. The Morgan fingerprint density at radius 3 is 1.96 bits per heavy atom. The molecule has 15 nitrogen and oxygen atoms in total. The molecule has 4 aromatic rings. The SMILES string of the molecule is COc1ccc(N(C)c2nc(SCc3c(F)cc(OCCCN(CCS(=O)(=O)O)CCS(=O)(=O)O)cc3F)[nH]c2-c2ccc(F)cc2)cc1OC.N.N. The van der Waals surface area contributed by atoms with Gasteiger partial charge in [0.1, 0.15) is 23.2 Å². The number of anilines is 2. The summed E-state index contributed by atoms with van der Waals surface area (Å²) in [4.78, 5) is 11.0. The number of thioether (sulfide) groups is 1. The van der Waals surface area contributed by atoms with E-state index in [1.54, 1.807) is 42.3 Å². The van der Waals surface area contributed by atoms with E-state index in [0.717, 1.165) is 23.9 Å². The van der Waals surface area contributed by atoms with Crippen molar-refractivity contribution in [3.63, 3.8) is 0 Å². The molecule has 0 spiro atoms. The molecule has 0 aliphatic carbocycles. The van der Waals surface area contributed by atoms with Crippen LogP contribution in [-0.2, 0) is 26.0 Å². The summed E-state index contributed by atoms with van der Waals surface area (Å²) in [5, 5.41) is 0.336. The molecule has 0 saturated heterocycles. The Balaban J connectivity index is 0.00000486. The molecule has 21 heteroatoms. The van der Waals surface area contributed by atoms with Crippen LogP contribution in [0.4, 0.5) is 24.7 Å². The highest BCUT2D eigenvalue weighted by Crippen LogP contribution is 2.39. The lowest BCUT2D eigenvalue weighted by Gasteiger charge is -2.21. The predicted molar refractivity (Wildman–Crippen MR) is 197 cm³/mol. The lowest BCUT2D eigenvalue weighted by atomic mass is 10.1. The molecule has 0 aliphatic rings. The van der Waals surface area contributed by atoms with Crippen molar-refractivity contribution < 1.29 is 53.3 Å². The number of nitrogens with one attached hydrogen (secondary N) is 1. The minimum atomic E-state index is -4.32. The molecule has 1 heterocycles. The smallest absolute Gasteiger partial charge is 0.266 e. The lowest BCUT2D eigenvalue weighted by molar-refractivity contribution is 0.247. The maximum atomic E-state index is 15.1. The Morgan fingerprint density at radius 1 is 0.830 bits per heavy atom. The second-order valence-corrected chi connectivity index (χ2v) is 15.2. The molecule has 4 rings (SSSR count). The number of ether oxygens (including phenoxy) is 3. The fourth-order valence-electron chi connectivity index (χ4n) is 4.87. The van der Waals surface area contributed by atoms with E-state index in [1.165, 1.54) is 31.3 Å². The maximum Gasteiger partial charge on any atom is 0.266 e. The van der Waals surface area contributed by atoms with Crippen LogP contribution < -0.4 is 31.4 Å². The Morgan fingerprint density at radius 2 is 1.42 bits per heavy atom. The zero-order valence-electron chi connectivity index (χ0n) is 29.2. The highest BCUT2D eigenvalue weighted by molar-refractivity contribution is 7.98. The van der Waals surface area contributed by atoms with Gasteiger partial charge >= 0.3 is 0 Å². The van der Waals surface area contributed by atoms with Crippen molar-refractivity contribution in [3.05, 3.63) is 77.6 Å². The highest BCUT2D eigenvalue weighted by Gasteiger charge is 2.21. The number of nitrogens with zero attached hydrogens (tertiary/aromatic N) is 3. The van der Waals surface area contributed by atoms with Crippen molar-refractivity contribution >= 4 is 43.5 Å². The lowest BCUT2D eigenvalue weighted by Crippen LogP contribution is -2.34. The summed E-state index contributed by atoms with van der Waals surface area (Å²) in [5.74, 6) is -2.25. The molecular weight excluding hydrogens is 766 g/mol. The number of hydrogen-bond donors (Lipinski definition) is 5. The molecule has 0 bridgehead atoms. The number of halogens is 3. The number of aromatic amines is 1. The van der Waals surface area contributed by atoms with Crippen LogP contribution in [0.2, 0.25) is 0 Å². The third kappa shape index (κ3) is 13.4. The van der Waals surface area contributed by atoms with E-state index in [4.69, 9.17) is 28.3 Å². The first kappa shape index (κ1) is 45.1. The number of benzene rings is 3. The van der Waals surface area contributed by atoms with Crippen molar-refractivity contribution in [2.24, 2.45) is 0 Å². The summed E-state index contributed by atoms with van der Waals surface area (Å²) in [7, 11) is -3.83. The molecule has 0 fully saturated rings. The van der Waals surface area contributed by atoms with Crippen molar-refractivity contribution in [3.8, 4) is 28.5 Å². The Labute approximate surface area is 310 Å². The number of rotatable bonds is 19. The summed E-state index contributed by atoms with van der Waals surface area (Å²) in [6.07, 6.45) is 0.201. The summed E-state index contributed by atoms with van der Waals surface area (Å²) in [6, 6.07) is 13.1. The molecule has 1 aromatic heterocycles. The van der Waals surface area contributed by atoms with Crippen molar-refractivity contribution in [2.75, 3.05) is 63.9 Å². The Hall–Kier alpha value is -4.09. The first-order valence-corrected chi connectivity index (χ1v) is 19.4. The largest absolute Gasteiger partial charge is 0.493 e. The van der Waals surface area contributed by atoms with Gasteiger partial charge in [-0.2, -0.15) is 16.8 Å². The van der Waals surface area contributed by atoms with E-state index in [-0.39, 0.29) is 62.0 Å². The molecule has 0 amide bonds. The van der Waals surface area contributed by atoms with E-state index in [0.29, 0.717) is 39.4 Å². The normalized spacial score (nSPS) is 11.5. The van der Waals surface area contributed by atoms with E-state index in [9.17, 15) is 21.2 Å². The van der Waals surface area contributed by atoms with Gasteiger partial charge in [-0.05, 0) is 42.8 Å². The summed E-state index contributed by atoms with van der Waals surface area (Å²) in [6.45, 7) is -0.370. The van der Waals surface area contributed by atoms with Gasteiger partial charge in [0.2, 0.25) is 0 Å². The standard InChI is InChI=1S/C32H37F3N4O9S3.2H3N/c1-38(23-9-10-28(46-2)29(17-23)47-3)31-30(21-5-7-22(33)8-6-21)36-32(37-31)49-20-25-26(34)18-24(19-27(25)35)48-14-4-11-39(12-15-50(40,41)42)13-16-51(43,44)45;;/h5-10,17-19H,4,11-16,20H2,1-3H3,(H,36,37)(H,40,41,42)(H,43,44,45);2*1H3. The number of imidazole rings is 1. The monoisotopic (exact) mass is 808 g/mol. The fraction of sp³-hybridized carbons (Fsp3) is 0.344. The first-order chi connectivity index (χ1) is 24.1. The third-order valence-corrected chi connectivity index (χ3v) is 9.85. The summed E-state index contributed by atoms with van der Waals surface area (Å²) in [5.41, 5.74) is 1.62. The van der Waals surface area contributed by atoms with Crippen LogP contribution in [0.1, 0.15) is 12.0 Å². The molecule has 53 heavy (non-hydrogen) atoms. The highest BCUT2D eigenvalue weighted by atomic mass is 32.2. The van der Waals surface area contributed by atoms with Gasteiger partial charge in [-0.3, -0.25) is 9.11 Å². The van der Waals surface area contributed by atoms with Gasteiger partial charge in [-0.15, -0.1) is 0 Å². The molecule has 0 radical (unpaired) electrons. The second-order valence-electron chi connectivity index (χ2n) is 11.1. The molecular formula is C32H43F3N6O9S3. The topological polar surface area (TPSA) is 242 Å². The molecule has 9 N–H and O–H groups in total. The van der Waals surface area contributed by atoms with Gasteiger partial charge in [0.05, 0.1) is 38.0 Å². The van der Waals surface area contributed by atoms with Crippen LogP contribution in [0.15, 0.2) is 59.8 Å². The van der Waals surface area contributed by atoms with E-state index < -0.39 is 49.2 Å². The Bertz CT molecular complexity index is 1960. The van der Waals surface area contributed by atoms with Gasteiger partial charge in [0, 0.05) is 67.4 Å². The van der Waals surface area contributed by atoms with Crippen LogP contribution in [0, 0.1) is 17.5 Å². The molecule has 0 saturated carbocycles. The van der Waals surface area contributed by atoms with E-state index in [1.807, 2.05) is 0 Å². The van der Waals surface area contributed by atoms with Gasteiger partial charge in [0.15, 0.2) is 22.5 Å². The predicted octanol–water partition coefficient (Wildman–Crippen LogP) is 5.74. The number of aromatic nitrogens is 2. The molecule has 294 valence electrons. The van der Waals surface area contributed by atoms with Crippen molar-refractivity contribution in [2.45, 2.75) is 17.3 Å². The average Bonchev–Trinajstić information content (AvgIpc) is 3.50. The van der Waals surface area contributed by atoms with Gasteiger partial charge in [-0.1, -0.05) is 11.8 Å². The fourth-order valence-corrected chi connectivity index (χ4v) is 6.73. The maximum absolute atomic E-state index is 15.1. The summed E-state index contributed by atoms with van der Waals surface area (Å²) < 4.78 is 123. The molecule has 0 atom stereocenters.